The predicted octanol–water partition coefficient (Wildman–Crippen LogP) is 3.19. The molecule has 0 unspecified atom stereocenters. The minimum absolute atomic E-state index is 0.141. The molecule has 0 aliphatic carbocycles. The molecule has 2 aromatic heterocycles. The minimum Gasteiger partial charge on any atom is -0.354 e. The van der Waals surface area contributed by atoms with E-state index < -0.39 is 15.8 Å². The van der Waals surface area contributed by atoms with Crippen molar-refractivity contribution >= 4 is 27.5 Å². The van der Waals surface area contributed by atoms with Gasteiger partial charge in [0, 0.05) is 38.4 Å². The van der Waals surface area contributed by atoms with Crippen molar-refractivity contribution in [2.24, 2.45) is 0 Å². The molecular weight excluding hydrogens is 431 g/mol. The van der Waals surface area contributed by atoms with E-state index in [4.69, 9.17) is 0 Å². The van der Waals surface area contributed by atoms with Crippen molar-refractivity contribution in [1.82, 2.24) is 19.3 Å². The summed E-state index contributed by atoms with van der Waals surface area (Å²) in [5.74, 6) is 2.20. The van der Waals surface area contributed by atoms with Crippen molar-refractivity contribution < 1.29 is 12.8 Å². The Hall–Kier alpha value is -3.11. The number of rotatable bonds is 5. The van der Waals surface area contributed by atoms with E-state index in [0.29, 0.717) is 49.2 Å². The van der Waals surface area contributed by atoms with Crippen molar-refractivity contribution in [3.8, 4) is 0 Å². The Balaban J connectivity index is 1.49. The van der Waals surface area contributed by atoms with Gasteiger partial charge in [-0.2, -0.15) is 4.31 Å². The normalized spacial score (nSPS) is 15.1. The summed E-state index contributed by atoms with van der Waals surface area (Å²) in [6.07, 6.45) is 1.73. The second-order valence-electron chi connectivity index (χ2n) is 7.80. The number of aryl methyl sites for hydroxylation is 3. The molecule has 168 valence electrons. The molecule has 0 bridgehead atoms. The highest BCUT2D eigenvalue weighted by Gasteiger charge is 2.30. The molecule has 0 spiro atoms. The van der Waals surface area contributed by atoms with Crippen molar-refractivity contribution in [2.45, 2.75) is 25.7 Å². The molecule has 10 heteroatoms. The van der Waals surface area contributed by atoms with Crippen LogP contribution in [0, 0.1) is 26.6 Å². The molecular formula is C22H25FN6O2S. The maximum atomic E-state index is 13.4. The highest BCUT2D eigenvalue weighted by molar-refractivity contribution is 7.89. The lowest BCUT2D eigenvalue weighted by Crippen LogP contribution is -2.49. The van der Waals surface area contributed by atoms with Crippen LogP contribution in [0.4, 0.5) is 21.8 Å². The average Bonchev–Trinajstić information content (AvgIpc) is 2.73. The van der Waals surface area contributed by atoms with Crippen LogP contribution in [0.3, 0.4) is 0 Å². The van der Waals surface area contributed by atoms with Gasteiger partial charge in [0.1, 0.15) is 29.1 Å². The maximum Gasteiger partial charge on any atom is 0.243 e. The Morgan fingerprint density at radius 2 is 1.69 bits per heavy atom. The third-order valence-corrected chi connectivity index (χ3v) is 7.37. The van der Waals surface area contributed by atoms with Crippen molar-refractivity contribution in [3.63, 3.8) is 0 Å². The topological polar surface area (TPSA) is 91.3 Å². The van der Waals surface area contributed by atoms with E-state index in [9.17, 15) is 12.8 Å². The van der Waals surface area contributed by atoms with Gasteiger partial charge in [-0.15, -0.1) is 0 Å². The second kappa shape index (κ2) is 8.79. The van der Waals surface area contributed by atoms with Gasteiger partial charge in [0.2, 0.25) is 10.0 Å². The quantitative estimate of drug-likeness (QED) is 0.630. The Labute approximate surface area is 187 Å². The van der Waals surface area contributed by atoms with Gasteiger partial charge in [0.05, 0.1) is 4.90 Å². The van der Waals surface area contributed by atoms with E-state index in [-0.39, 0.29) is 4.90 Å². The summed E-state index contributed by atoms with van der Waals surface area (Å²) in [5, 5.41) is 3.20. The summed E-state index contributed by atoms with van der Waals surface area (Å²) in [7, 11) is -3.69. The lowest BCUT2D eigenvalue weighted by atomic mass is 10.2. The zero-order valence-corrected chi connectivity index (χ0v) is 19.0. The number of benzene rings is 1. The molecule has 0 saturated carbocycles. The second-order valence-corrected chi connectivity index (χ2v) is 9.71. The van der Waals surface area contributed by atoms with Crippen LogP contribution >= 0.6 is 0 Å². The zero-order chi connectivity index (χ0) is 22.9. The van der Waals surface area contributed by atoms with Gasteiger partial charge >= 0.3 is 0 Å². The highest BCUT2D eigenvalue weighted by atomic mass is 32.2. The fraction of sp³-hybridized carbons (Fsp3) is 0.318. The molecule has 4 rings (SSSR count). The summed E-state index contributed by atoms with van der Waals surface area (Å²) in [6, 6.07) is 9.44. The Bertz CT molecular complexity index is 1240. The predicted molar refractivity (Wildman–Crippen MR) is 121 cm³/mol. The number of piperazine rings is 1. The van der Waals surface area contributed by atoms with E-state index >= 15 is 0 Å². The smallest absolute Gasteiger partial charge is 0.243 e. The number of aromatic nitrogens is 3. The fourth-order valence-corrected chi connectivity index (χ4v) is 5.34. The molecule has 3 aromatic rings. The molecule has 0 atom stereocenters. The average molecular weight is 457 g/mol. The van der Waals surface area contributed by atoms with Gasteiger partial charge < -0.3 is 10.2 Å². The van der Waals surface area contributed by atoms with Crippen molar-refractivity contribution in [3.05, 3.63) is 65.4 Å². The van der Waals surface area contributed by atoms with Gasteiger partial charge in [-0.3, -0.25) is 0 Å². The minimum atomic E-state index is -3.69. The first-order valence-electron chi connectivity index (χ1n) is 10.3. The van der Waals surface area contributed by atoms with E-state index in [0.717, 1.165) is 11.4 Å². The number of pyridine rings is 1. The first kappa shape index (κ1) is 22.1. The van der Waals surface area contributed by atoms with Crippen LogP contribution in [0.1, 0.15) is 17.0 Å². The van der Waals surface area contributed by atoms with Crippen LogP contribution in [0.5, 0.6) is 0 Å². The molecule has 1 saturated heterocycles. The van der Waals surface area contributed by atoms with Gasteiger partial charge in [-0.05, 0) is 62.2 Å². The number of anilines is 3. The molecule has 1 N–H and O–H groups in total. The molecule has 8 nitrogen and oxygen atoms in total. The number of halogens is 1. The lowest BCUT2D eigenvalue weighted by Gasteiger charge is -2.35. The largest absolute Gasteiger partial charge is 0.354 e. The first-order chi connectivity index (χ1) is 15.2. The van der Waals surface area contributed by atoms with E-state index in [1.54, 1.807) is 13.1 Å². The van der Waals surface area contributed by atoms with Crippen LogP contribution in [0.2, 0.25) is 0 Å². The van der Waals surface area contributed by atoms with Gasteiger partial charge in [0.15, 0.2) is 0 Å². The number of hydrogen-bond acceptors (Lipinski definition) is 7. The third-order valence-electron chi connectivity index (χ3n) is 5.31. The standard InChI is InChI=1S/C22H25FN6O2S/c1-15-6-7-24-20(12-15)27-21-14-22(26-17(3)25-21)28-8-10-29(11-9-28)32(30,31)19-5-4-18(23)13-16(19)2/h4-7,12-14H,8-11H2,1-3H3,(H,24,25,26,27). The Morgan fingerprint density at radius 1 is 0.938 bits per heavy atom. The molecule has 1 aliphatic heterocycles. The molecule has 1 aliphatic rings. The number of sulfonamides is 1. The Kier molecular flexibility index (Phi) is 6.07. The highest BCUT2D eigenvalue weighted by Crippen LogP contribution is 2.25. The van der Waals surface area contributed by atoms with Crippen LogP contribution < -0.4 is 10.2 Å². The molecule has 0 radical (unpaired) electrons. The summed E-state index contributed by atoms with van der Waals surface area (Å²) in [4.78, 5) is 15.4. The number of nitrogens with zero attached hydrogens (tertiary/aromatic N) is 5. The van der Waals surface area contributed by atoms with E-state index in [2.05, 4.69) is 20.3 Å². The summed E-state index contributed by atoms with van der Waals surface area (Å²) < 4.78 is 40.9. The summed E-state index contributed by atoms with van der Waals surface area (Å²) in [5.41, 5.74) is 1.49. The van der Waals surface area contributed by atoms with Crippen LogP contribution in [0.15, 0.2) is 47.5 Å². The monoisotopic (exact) mass is 456 g/mol. The third kappa shape index (κ3) is 4.71. The van der Waals surface area contributed by atoms with Gasteiger partial charge in [-0.1, -0.05) is 0 Å². The lowest BCUT2D eigenvalue weighted by molar-refractivity contribution is 0.383. The maximum absolute atomic E-state index is 13.4. The van der Waals surface area contributed by atoms with Crippen LogP contribution in [-0.2, 0) is 10.0 Å². The summed E-state index contributed by atoms with van der Waals surface area (Å²) in [6.45, 7) is 7.00. The molecule has 1 fully saturated rings. The number of nitrogens with one attached hydrogen (secondary N) is 1. The first-order valence-corrected chi connectivity index (χ1v) is 11.7. The fourth-order valence-electron chi connectivity index (χ4n) is 3.71. The Morgan fingerprint density at radius 3 is 2.38 bits per heavy atom. The molecule has 32 heavy (non-hydrogen) atoms. The molecule has 0 amide bonds. The van der Waals surface area contributed by atoms with Gasteiger partial charge in [-0.25, -0.2) is 27.8 Å². The number of hydrogen-bond donors (Lipinski definition) is 1. The summed E-state index contributed by atoms with van der Waals surface area (Å²) >= 11 is 0. The van der Waals surface area contributed by atoms with Crippen LogP contribution in [0.25, 0.3) is 0 Å². The van der Waals surface area contributed by atoms with Crippen LogP contribution in [-0.4, -0.2) is 53.9 Å². The molecule has 1 aromatic carbocycles. The van der Waals surface area contributed by atoms with Crippen molar-refractivity contribution in [2.75, 3.05) is 36.4 Å². The zero-order valence-electron chi connectivity index (χ0n) is 18.2. The molecule has 3 heterocycles. The van der Waals surface area contributed by atoms with E-state index in [1.807, 2.05) is 36.9 Å². The van der Waals surface area contributed by atoms with Gasteiger partial charge in [0.25, 0.3) is 0 Å². The van der Waals surface area contributed by atoms with E-state index in [1.165, 1.54) is 22.5 Å². The SMILES string of the molecule is Cc1ccnc(Nc2cc(N3CCN(S(=O)(=O)c4ccc(F)cc4C)CC3)nc(C)n2)c1. The van der Waals surface area contributed by atoms with Crippen molar-refractivity contribution in [1.29, 1.82) is 0 Å².